The molecule has 0 bridgehead atoms. The molecule has 0 saturated heterocycles. The summed E-state index contributed by atoms with van der Waals surface area (Å²) in [6.45, 7) is 4.04. The van der Waals surface area contributed by atoms with Gasteiger partial charge in [0.1, 0.15) is 0 Å². The zero-order valence-electron chi connectivity index (χ0n) is 10.8. The molecule has 1 aliphatic rings. The fourth-order valence-corrected chi connectivity index (χ4v) is 2.33. The van der Waals surface area contributed by atoms with E-state index in [0.29, 0.717) is 6.61 Å². The normalized spacial score (nSPS) is 23.2. The monoisotopic (exact) mass is 246 g/mol. The molecule has 0 spiro atoms. The van der Waals surface area contributed by atoms with E-state index in [1.54, 1.807) is 6.92 Å². The molecule has 1 aromatic rings. The third kappa shape index (κ3) is 2.61. The van der Waals surface area contributed by atoms with Crippen LogP contribution in [0.2, 0.25) is 0 Å². The molecule has 18 heavy (non-hydrogen) atoms. The number of Topliss-reactive ketones (excluding diaryl/α,β-unsaturated/α-hetero) is 1. The van der Waals surface area contributed by atoms with Crippen molar-refractivity contribution in [3.63, 3.8) is 0 Å². The third-order valence-corrected chi connectivity index (χ3v) is 3.54. The highest BCUT2D eigenvalue weighted by atomic mass is 16.5. The third-order valence-electron chi connectivity index (χ3n) is 3.54. The van der Waals surface area contributed by atoms with Crippen LogP contribution in [0.5, 0.6) is 0 Å². The highest BCUT2D eigenvalue weighted by Gasteiger charge is 2.48. The van der Waals surface area contributed by atoms with Crippen LogP contribution < -0.4 is 0 Å². The number of esters is 1. The summed E-state index contributed by atoms with van der Waals surface area (Å²) in [5.74, 6) is -0.0752. The van der Waals surface area contributed by atoms with Crippen LogP contribution in [0.3, 0.4) is 0 Å². The number of rotatable bonds is 5. The fourth-order valence-electron chi connectivity index (χ4n) is 2.33. The van der Waals surface area contributed by atoms with Crippen molar-refractivity contribution in [1.29, 1.82) is 0 Å². The number of benzene rings is 1. The van der Waals surface area contributed by atoms with Crippen LogP contribution >= 0.6 is 0 Å². The van der Waals surface area contributed by atoms with Crippen LogP contribution in [0, 0.1) is 17.8 Å². The lowest BCUT2D eigenvalue weighted by Crippen LogP contribution is -2.18. The zero-order valence-corrected chi connectivity index (χ0v) is 10.8. The average molecular weight is 246 g/mol. The van der Waals surface area contributed by atoms with Gasteiger partial charge in [-0.15, -0.1) is 0 Å². The van der Waals surface area contributed by atoms with Crippen molar-refractivity contribution in [2.24, 2.45) is 17.8 Å². The van der Waals surface area contributed by atoms with Crippen LogP contribution in [0.25, 0.3) is 0 Å². The molecule has 1 saturated carbocycles. The number of ether oxygens (including phenoxy) is 1. The lowest BCUT2D eigenvalue weighted by atomic mass is 10.0. The van der Waals surface area contributed by atoms with Crippen molar-refractivity contribution in [2.75, 3.05) is 6.61 Å². The molecule has 3 nitrogen and oxygen atoms in total. The predicted octanol–water partition coefficient (Wildman–Crippen LogP) is 2.70. The van der Waals surface area contributed by atoms with Gasteiger partial charge in [0, 0.05) is 11.5 Å². The Morgan fingerprint density at radius 3 is 2.61 bits per heavy atom. The highest BCUT2D eigenvalue weighted by Crippen LogP contribution is 2.46. The summed E-state index contributed by atoms with van der Waals surface area (Å²) in [6.07, 6.45) is 0.799. The molecule has 1 aliphatic carbocycles. The van der Waals surface area contributed by atoms with Gasteiger partial charge in [-0.2, -0.15) is 0 Å². The van der Waals surface area contributed by atoms with Crippen molar-refractivity contribution >= 4 is 11.8 Å². The molecule has 0 radical (unpaired) electrons. The first-order valence-electron chi connectivity index (χ1n) is 6.41. The van der Waals surface area contributed by atoms with Gasteiger partial charge in [0.2, 0.25) is 0 Å². The van der Waals surface area contributed by atoms with Gasteiger partial charge in [-0.3, -0.25) is 9.59 Å². The lowest BCUT2D eigenvalue weighted by Gasteiger charge is -2.09. The van der Waals surface area contributed by atoms with E-state index >= 15 is 0 Å². The van der Waals surface area contributed by atoms with E-state index in [2.05, 4.69) is 0 Å². The smallest absolute Gasteiger partial charge is 0.308 e. The number of carbonyl (C=O) groups is 2. The Bertz CT molecular complexity index is 438. The molecule has 0 heterocycles. The van der Waals surface area contributed by atoms with Gasteiger partial charge in [-0.25, -0.2) is 0 Å². The second-order valence-corrected chi connectivity index (χ2v) is 4.78. The Hall–Kier alpha value is -1.64. The molecule has 2 rings (SSSR count). The number of hydrogen-bond donors (Lipinski definition) is 0. The Morgan fingerprint density at radius 2 is 2.00 bits per heavy atom. The molecule has 1 fully saturated rings. The molecule has 1 aromatic carbocycles. The van der Waals surface area contributed by atoms with E-state index < -0.39 is 0 Å². The molecule has 96 valence electrons. The fraction of sp³-hybridized carbons (Fsp3) is 0.467. The van der Waals surface area contributed by atoms with Crippen LogP contribution in [-0.4, -0.2) is 18.4 Å². The van der Waals surface area contributed by atoms with Crippen LogP contribution in [0.1, 0.15) is 30.6 Å². The number of ketones is 1. The van der Waals surface area contributed by atoms with Crippen molar-refractivity contribution in [1.82, 2.24) is 0 Å². The second kappa shape index (κ2) is 5.34. The SMILES string of the molecule is CCOC(=O)C(C)[C@H]1C[C@H]1C(=O)c1ccccc1. The maximum Gasteiger partial charge on any atom is 0.308 e. The number of hydrogen-bond acceptors (Lipinski definition) is 3. The zero-order chi connectivity index (χ0) is 13.1. The van der Waals surface area contributed by atoms with E-state index in [1.165, 1.54) is 0 Å². The first-order valence-corrected chi connectivity index (χ1v) is 6.41. The minimum atomic E-state index is -0.189. The van der Waals surface area contributed by atoms with Crippen molar-refractivity contribution in [3.8, 4) is 0 Å². The summed E-state index contributed by atoms with van der Waals surface area (Å²) in [6, 6.07) is 9.26. The molecular formula is C15H18O3. The molecule has 0 aliphatic heterocycles. The van der Waals surface area contributed by atoms with Gasteiger partial charge in [-0.05, 0) is 19.3 Å². The Labute approximate surface area is 107 Å². The minimum absolute atomic E-state index is 0.00759. The summed E-state index contributed by atoms with van der Waals surface area (Å²) in [4.78, 5) is 23.7. The van der Waals surface area contributed by atoms with Gasteiger partial charge in [0.25, 0.3) is 0 Å². The van der Waals surface area contributed by atoms with Crippen molar-refractivity contribution in [3.05, 3.63) is 35.9 Å². The van der Waals surface area contributed by atoms with Gasteiger partial charge < -0.3 is 4.74 Å². The molecule has 3 heteroatoms. The minimum Gasteiger partial charge on any atom is -0.466 e. The Balaban J connectivity index is 1.95. The highest BCUT2D eigenvalue weighted by molar-refractivity contribution is 6.00. The summed E-state index contributed by atoms with van der Waals surface area (Å²) in [5, 5.41) is 0. The first-order chi connectivity index (χ1) is 8.65. The van der Waals surface area contributed by atoms with E-state index in [9.17, 15) is 9.59 Å². The number of carbonyl (C=O) groups excluding carboxylic acids is 2. The summed E-state index contributed by atoms with van der Waals surface area (Å²) in [5.41, 5.74) is 0.737. The standard InChI is InChI=1S/C15H18O3/c1-3-18-15(17)10(2)12-9-13(12)14(16)11-7-5-4-6-8-11/h4-8,10,12-13H,3,9H2,1-2H3/t10?,12-,13-/m1/s1. The van der Waals surface area contributed by atoms with Crippen molar-refractivity contribution < 1.29 is 14.3 Å². The van der Waals surface area contributed by atoms with Gasteiger partial charge in [-0.1, -0.05) is 37.3 Å². The van der Waals surface area contributed by atoms with E-state index in [-0.39, 0.29) is 29.5 Å². The Morgan fingerprint density at radius 1 is 1.33 bits per heavy atom. The summed E-state index contributed by atoms with van der Waals surface area (Å²) >= 11 is 0. The maximum absolute atomic E-state index is 12.2. The molecule has 0 amide bonds. The van der Waals surface area contributed by atoms with Crippen molar-refractivity contribution in [2.45, 2.75) is 20.3 Å². The summed E-state index contributed by atoms with van der Waals surface area (Å²) < 4.78 is 4.99. The molecule has 0 N–H and O–H groups in total. The lowest BCUT2D eigenvalue weighted by molar-refractivity contribution is -0.148. The van der Waals surface area contributed by atoms with Gasteiger partial charge >= 0.3 is 5.97 Å². The van der Waals surface area contributed by atoms with E-state index in [0.717, 1.165) is 12.0 Å². The average Bonchev–Trinajstić information content (AvgIpc) is 3.18. The topological polar surface area (TPSA) is 43.4 Å². The quantitative estimate of drug-likeness (QED) is 0.592. The maximum atomic E-state index is 12.2. The van der Waals surface area contributed by atoms with E-state index in [1.807, 2.05) is 37.3 Å². The summed E-state index contributed by atoms with van der Waals surface area (Å²) in [7, 11) is 0. The Kier molecular flexibility index (Phi) is 3.80. The molecular weight excluding hydrogens is 228 g/mol. The van der Waals surface area contributed by atoms with Crippen LogP contribution in [-0.2, 0) is 9.53 Å². The van der Waals surface area contributed by atoms with Crippen LogP contribution in [0.4, 0.5) is 0 Å². The second-order valence-electron chi connectivity index (χ2n) is 4.78. The molecule has 3 atom stereocenters. The molecule has 1 unspecified atom stereocenters. The largest absolute Gasteiger partial charge is 0.466 e. The van der Waals surface area contributed by atoms with E-state index in [4.69, 9.17) is 4.74 Å². The molecule has 0 aromatic heterocycles. The predicted molar refractivity (Wildman–Crippen MR) is 68.2 cm³/mol. The van der Waals surface area contributed by atoms with Crippen LogP contribution in [0.15, 0.2) is 30.3 Å². The van der Waals surface area contributed by atoms with Gasteiger partial charge in [0.15, 0.2) is 5.78 Å². The van der Waals surface area contributed by atoms with Gasteiger partial charge in [0.05, 0.1) is 12.5 Å². The first kappa shape index (κ1) is 12.8.